The first-order chi connectivity index (χ1) is 7.63. The number of hydrogen-bond acceptors (Lipinski definition) is 0. The summed E-state index contributed by atoms with van der Waals surface area (Å²) in [6.07, 6.45) is -8.84. The number of allylic oxidation sites excluding steroid dienone is 2. The van der Waals surface area contributed by atoms with Gasteiger partial charge in [-0.1, -0.05) is 0 Å². The Kier molecular flexibility index (Phi) is 2.75. The fraction of sp³-hybridized carbons (Fsp3) is 0.714. The summed E-state index contributed by atoms with van der Waals surface area (Å²) in [5, 5.41) is 0. The molecule has 0 aromatic rings. The first kappa shape index (κ1) is 15.0. The molecule has 0 saturated heterocycles. The van der Waals surface area contributed by atoms with Gasteiger partial charge in [0.05, 0.1) is 0 Å². The molecule has 1 aliphatic carbocycles. The van der Waals surface area contributed by atoms with Crippen LogP contribution in [0.25, 0.3) is 0 Å². The molecule has 106 valence electrons. The number of rotatable bonds is 0. The maximum absolute atomic E-state index is 13.0. The van der Waals surface area contributed by atoms with Crippen molar-refractivity contribution in [2.24, 2.45) is 0 Å². The minimum atomic E-state index is -7.12. The van der Waals surface area contributed by atoms with E-state index >= 15 is 0 Å². The average Bonchev–Trinajstić information content (AvgIpc) is 2.11. The van der Waals surface area contributed by atoms with Crippen LogP contribution in [0.2, 0.25) is 0 Å². The number of halogens is 11. The Morgan fingerprint density at radius 1 is 0.833 bits per heavy atom. The summed E-state index contributed by atoms with van der Waals surface area (Å²) in [5.41, 5.74) is -7.05. The van der Waals surface area contributed by atoms with Crippen LogP contribution in [0.4, 0.5) is 48.3 Å². The third kappa shape index (κ3) is 1.38. The lowest BCUT2D eigenvalue weighted by atomic mass is 9.80. The second kappa shape index (κ2) is 3.29. The molecule has 0 nitrogen and oxygen atoms in total. The zero-order valence-electron chi connectivity index (χ0n) is 7.73. The van der Waals surface area contributed by atoms with Crippen molar-refractivity contribution < 1.29 is 48.3 Å². The molecule has 1 rings (SSSR count). The summed E-state index contributed by atoms with van der Waals surface area (Å²) in [4.78, 5) is 0. The molecule has 1 atom stereocenters. The van der Waals surface area contributed by atoms with Crippen LogP contribution in [-0.2, 0) is 0 Å². The lowest BCUT2D eigenvalue weighted by molar-refractivity contribution is -0.397. The fourth-order valence-corrected chi connectivity index (χ4v) is 1.29. The second-order valence-electron chi connectivity index (χ2n) is 3.42. The molecule has 18 heavy (non-hydrogen) atoms. The van der Waals surface area contributed by atoms with Crippen molar-refractivity contribution in [1.29, 1.82) is 0 Å². The minimum absolute atomic E-state index is 1.73. The van der Waals surface area contributed by atoms with Crippen molar-refractivity contribution in [2.75, 3.05) is 0 Å². The standard InChI is InChI=1S/C7HF11/c8-2-1-3(9,10)6(14,15)5(13,4(2,11)12)7(16,17)18/h1H. The highest BCUT2D eigenvalue weighted by Crippen LogP contribution is 2.63. The molecule has 0 saturated carbocycles. The summed E-state index contributed by atoms with van der Waals surface area (Å²) in [6, 6.07) is 0. The zero-order chi connectivity index (χ0) is 14.8. The van der Waals surface area contributed by atoms with Crippen molar-refractivity contribution in [3.63, 3.8) is 0 Å². The smallest absolute Gasteiger partial charge is 0.219 e. The molecule has 0 aliphatic heterocycles. The van der Waals surface area contributed by atoms with Gasteiger partial charge < -0.3 is 0 Å². The Morgan fingerprint density at radius 2 is 1.22 bits per heavy atom. The molecule has 0 aromatic heterocycles. The zero-order valence-corrected chi connectivity index (χ0v) is 7.73. The molecule has 0 aromatic carbocycles. The molecule has 11 heteroatoms. The van der Waals surface area contributed by atoms with Crippen molar-refractivity contribution in [3.8, 4) is 0 Å². The van der Waals surface area contributed by atoms with E-state index in [1.165, 1.54) is 0 Å². The summed E-state index contributed by atoms with van der Waals surface area (Å²) in [7, 11) is 0. The largest absolute Gasteiger partial charge is 0.435 e. The van der Waals surface area contributed by atoms with E-state index in [2.05, 4.69) is 0 Å². The molecule has 0 fully saturated rings. The molecule has 1 unspecified atom stereocenters. The Hall–Kier alpha value is -1.03. The van der Waals surface area contributed by atoms with Gasteiger partial charge in [-0.15, -0.1) is 0 Å². The van der Waals surface area contributed by atoms with Crippen molar-refractivity contribution in [2.45, 2.75) is 29.6 Å². The van der Waals surface area contributed by atoms with Gasteiger partial charge in [0.1, 0.15) is 0 Å². The average molecular weight is 294 g/mol. The predicted octanol–water partition coefficient (Wildman–Crippen LogP) is 4.03. The molecule has 0 N–H and O–H groups in total. The molecule has 0 heterocycles. The molecule has 0 radical (unpaired) electrons. The first-order valence-electron chi connectivity index (χ1n) is 3.91. The molecular weight excluding hydrogens is 293 g/mol. The van der Waals surface area contributed by atoms with Gasteiger partial charge in [-0.05, 0) is 0 Å². The van der Waals surface area contributed by atoms with Gasteiger partial charge in [0.2, 0.25) is 0 Å². The van der Waals surface area contributed by atoms with E-state index in [0.29, 0.717) is 0 Å². The van der Waals surface area contributed by atoms with Crippen molar-refractivity contribution >= 4 is 0 Å². The molecule has 0 amide bonds. The summed E-state index contributed by atoms with van der Waals surface area (Å²) in [6.45, 7) is 0. The fourth-order valence-electron chi connectivity index (χ4n) is 1.29. The van der Waals surface area contributed by atoms with Crippen LogP contribution < -0.4 is 0 Å². The van der Waals surface area contributed by atoms with E-state index in [-0.39, 0.29) is 0 Å². The highest BCUT2D eigenvalue weighted by atomic mass is 19.4. The van der Waals surface area contributed by atoms with Crippen molar-refractivity contribution in [1.82, 2.24) is 0 Å². The molecule has 0 bridgehead atoms. The first-order valence-corrected chi connectivity index (χ1v) is 3.91. The topological polar surface area (TPSA) is 0 Å². The van der Waals surface area contributed by atoms with Crippen LogP contribution in [0.3, 0.4) is 0 Å². The Labute approximate surface area is 91.1 Å². The maximum atomic E-state index is 13.0. The van der Waals surface area contributed by atoms with Crippen LogP contribution in [0, 0.1) is 0 Å². The Bertz CT molecular complexity index is 389. The Balaban J connectivity index is 3.72. The van der Waals surface area contributed by atoms with Crippen LogP contribution >= 0.6 is 0 Å². The predicted molar refractivity (Wildman–Crippen MR) is 33.9 cm³/mol. The summed E-state index contributed by atoms with van der Waals surface area (Å²) >= 11 is 0. The molecular formula is C7HF11. The lowest BCUT2D eigenvalue weighted by Gasteiger charge is -2.44. The van der Waals surface area contributed by atoms with Gasteiger partial charge >= 0.3 is 29.6 Å². The SMILES string of the molecule is FC1=CC(F)(F)C(F)(F)C(F)(C(F)(F)F)C1(F)F. The van der Waals surface area contributed by atoms with Crippen LogP contribution in [-0.4, -0.2) is 29.6 Å². The highest BCUT2D eigenvalue weighted by molar-refractivity contribution is 5.32. The van der Waals surface area contributed by atoms with E-state index in [9.17, 15) is 48.3 Å². The monoisotopic (exact) mass is 294 g/mol. The highest BCUT2D eigenvalue weighted by Gasteiger charge is 2.91. The van der Waals surface area contributed by atoms with Crippen LogP contribution in [0.1, 0.15) is 0 Å². The van der Waals surface area contributed by atoms with Gasteiger partial charge in [0, 0.05) is 6.08 Å². The normalized spacial score (nSPS) is 34.1. The number of alkyl halides is 10. The lowest BCUT2D eigenvalue weighted by Crippen LogP contribution is -2.73. The van der Waals surface area contributed by atoms with E-state index in [1.807, 2.05) is 0 Å². The van der Waals surface area contributed by atoms with Gasteiger partial charge in [0.25, 0.3) is 0 Å². The van der Waals surface area contributed by atoms with Gasteiger partial charge in [0.15, 0.2) is 5.83 Å². The van der Waals surface area contributed by atoms with Crippen LogP contribution in [0.15, 0.2) is 11.9 Å². The van der Waals surface area contributed by atoms with E-state index in [1.54, 1.807) is 0 Å². The third-order valence-corrected chi connectivity index (χ3v) is 2.28. The maximum Gasteiger partial charge on any atom is 0.435 e. The summed E-state index contributed by atoms with van der Waals surface area (Å²) < 4.78 is 137. The van der Waals surface area contributed by atoms with Crippen LogP contribution in [0.5, 0.6) is 0 Å². The van der Waals surface area contributed by atoms with Crippen molar-refractivity contribution in [3.05, 3.63) is 11.9 Å². The quantitative estimate of drug-likeness (QED) is 0.592. The Morgan fingerprint density at radius 3 is 1.56 bits per heavy atom. The van der Waals surface area contributed by atoms with E-state index in [0.717, 1.165) is 0 Å². The van der Waals surface area contributed by atoms with Gasteiger partial charge in [-0.2, -0.15) is 39.5 Å². The second-order valence-corrected chi connectivity index (χ2v) is 3.42. The number of hydrogen-bond donors (Lipinski definition) is 0. The minimum Gasteiger partial charge on any atom is -0.219 e. The van der Waals surface area contributed by atoms with Gasteiger partial charge in [-0.3, -0.25) is 0 Å². The third-order valence-electron chi connectivity index (χ3n) is 2.28. The molecule has 1 aliphatic rings. The molecule has 0 spiro atoms. The van der Waals surface area contributed by atoms with E-state index < -0.39 is 41.5 Å². The van der Waals surface area contributed by atoms with E-state index in [4.69, 9.17) is 0 Å². The summed E-state index contributed by atoms with van der Waals surface area (Å²) in [5.74, 6) is -23.0. The van der Waals surface area contributed by atoms with Gasteiger partial charge in [-0.25, -0.2) is 8.78 Å².